The topological polar surface area (TPSA) is 60.7 Å². The molecular weight excluding hydrogens is 340 g/mol. The minimum atomic E-state index is -0.535. The number of rotatable bonds is 4. The van der Waals surface area contributed by atoms with E-state index in [0.29, 0.717) is 16.4 Å². The van der Waals surface area contributed by atoms with Crippen LogP contribution in [0.3, 0.4) is 0 Å². The summed E-state index contributed by atoms with van der Waals surface area (Å²) in [5, 5.41) is 0.547. The Morgan fingerprint density at radius 1 is 1.28 bits per heavy atom. The third-order valence-corrected chi connectivity index (χ3v) is 3.95. The maximum atomic E-state index is 12.1. The highest BCUT2D eigenvalue weighted by molar-refractivity contribution is 6.32. The molecule has 2 aromatic heterocycles. The van der Waals surface area contributed by atoms with E-state index in [1.165, 1.54) is 16.5 Å². The monoisotopic (exact) mass is 354 g/mol. The van der Waals surface area contributed by atoms with Crippen LogP contribution in [0.1, 0.15) is 16.8 Å². The largest absolute Gasteiger partial charge is 0.456 e. The summed E-state index contributed by atoms with van der Waals surface area (Å²) in [4.78, 5) is 28.3. The van der Waals surface area contributed by atoms with Crippen molar-refractivity contribution in [3.8, 4) is 0 Å². The number of pyridine rings is 1. The van der Waals surface area contributed by atoms with Crippen LogP contribution in [0.2, 0.25) is 5.02 Å². The summed E-state index contributed by atoms with van der Waals surface area (Å²) in [6, 6.07) is 12.2. The van der Waals surface area contributed by atoms with E-state index in [2.05, 4.69) is 4.98 Å². The van der Waals surface area contributed by atoms with Gasteiger partial charge in [-0.15, -0.1) is 0 Å². The van der Waals surface area contributed by atoms with Crippen molar-refractivity contribution in [3.63, 3.8) is 0 Å². The summed E-state index contributed by atoms with van der Waals surface area (Å²) in [5.41, 5.74) is 2.32. The van der Waals surface area contributed by atoms with Crippen molar-refractivity contribution >= 4 is 29.3 Å². The van der Waals surface area contributed by atoms with Crippen molar-refractivity contribution in [2.45, 2.75) is 13.5 Å². The minimum Gasteiger partial charge on any atom is -0.456 e. The summed E-state index contributed by atoms with van der Waals surface area (Å²) >= 11 is 6.02. The molecule has 0 spiro atoms. The van der Waals surface area contributed by atoms with Crippen molar-refractivity contribution in [3.05, 3.63) is 86.9 Å². The molecule has 2 heterocycles. The van der Waals surface area contributed by atoms with Crippen LogP contribution in [-0.2, 0) is 16.1 Å². The maximum absolute atomic E-state index is 12.1. The van der Waals surface area contributed by atoms with Gasteiger partial charge in [0.1, 0.15) is 12.3 Å². The van der Waals surface area contributed by atoms with Crippen LogP contribution in [0.4, 0.5) is 0 Å². The standard InChI is InChI=1S/C19H15ClN2O3/c1-13-5-4-10-22-17(23)11-15(21-19(13)22)12-25-18(24)9-8-14-6-2-3-7-16(14)20/h2-11H,12H2,1H3/b9-8+. The second-order valence-electron chi connectivity index (χ2n) is 5.43. The Morgan fingerprint density at radius 2 is 2.08 bits per heavy atom. The number of hydrogen-bond acceptors (Lipinski definition) is 4. The molecule has 0 aliphatic rings. The van der Waals surface area contributed by atoms with Gasteiger partial charge >= 0.3 is 5.97 Å². The number of aromatic nitrogens is 2. The lowest BCUT2D eigenvalue weighted by Crippen LogP contribution is -2.17. The van der Waals surface area contributed by atoms with Crippen molar-refractivity contribution in [2.75, 3.05) is 0 Å². The molecule has 6 heteroatoms. The predicted octanol–water partition coefficient (Wildman–Crippen LogP) is 3.41. The number of carbonyl (C=O) groups is 1. The Hall–Kier alpha value is -2.92. The van der Waals surface area contributed by atoms with Gasteiger partial charge in [-0.2, -0.15) is 0 Å². The summed E-state index contributed by atoms with van der Waals surface area (Å²) in [6.07, 6.45) is 4.53. The highest BCUT2D eigenvalue weighted by Gasteiger charge is 2.06. The number of nitrogens with zero attached hydrogens (tertiary/aromatic N) is 2. The van der Waals surface area contributed by atoms with E-state index in [4.69, 9.17) is 16.3 Å². The second-order valence-corrected chi connectivity index (χ2v) is 5.84. The van der Waals surface area contributed by atoms with Crippen LogP contribution in [0, 0.1) is 6.92 Å². The average Bonchev–Trinajstić information content (AvgIpc) is 2.60. The van der Waals surface area contributed by atoms with Crippen LogP contribution in [0.25, 0.3) is 11.7 Å². The molecule has 0 saturated heterocycles. The number of aryl methyl sites for hydroxylation is 1. The molecule has 0 N–H and O–H groups in total. The van der Waals surface area contributed by atoms with Gasteiger partial charge in [0.2, 0.25) is 0 Å². The first-order valence-electron chi connectivity index (χ1n) is 7.62. The Balaban J connectivity index is 1.72. The Kier molecular flexibility index (Phi) is 4.95. The fourth-order valence-corrected chi connectivity index (χ4v) is 2.54. The molecular formula is C19H15ClN2O3. The molecule has 0 radical (unpaired) electrons. The molecule has 0 unspecified atom stereocenters. The highest BCUT2D eigenvalue weighted by atomic mass is 35.5. The first-order valence-corrected chi connectivity index (χ1v) is 7.99. The fourth-order valence-electron chi connectivity index (χ4n) is 2.34. The van der Waals surface area contributed by atoms with E-state index < -0.39 is 5.97 Å². The SMILES string of the molecule is Cc1cccn2c(=O)cc(COC(=O)/C=C/c3ccccc3Cl)nc12. The van der Waals surface area contributed by atoms with Crippen molar-refractivity contribution in [1.82, 2.24) is 9.38 Å². The molecule has 126 valence electrons. The van der Waals surface area contributed by atoms with Gasteiger partial charge in [0.15, 0.2) is 0 Å². The van der Waals surface area contributed by atoms with Gasteiger partial charge in [0.25, 0.3) is 5.56 Å². The van der Waals surface area contributed by atoms with Crippen LogP contribution in [0.15, 0.2) is 59.5 Å². The van der Waals surface area contributed by atoms with E-state index in [1.54, 1.807) is 30.5 Å². The third-order valence-electron chi connectivity index (χ3n) is 3.61. The van der Waals surface area contributed by atoms with E-state index in [9.17, 15) is 9.59 Å². The van der Waals surface area contributed by atoms with E-state index >= 15 is 0 Å². The van der Waals surface area contributed by atoms with Crippen LogP contribution < -0.4 is 5.56 Å². The van der Waals surface area contributed by atoms with E-state index in [-0.39, 0.29) is 12.2 Å². The molecule has 1 aromatic carbocycles. The minimum absolute atomic E-state index is 0.0776. The van der Waals surface area contributed by atoms with Crippen LogP contribution in [-0.4, -0.2) is 15.4 Å². The molecule has 0 atom stereocenters. The van der Waals surface area contributed by atoms with Gasteiger partial charge < -0.3 is 4.74 Å². The van der Waals surface area contributed by atoms with Gasteiger partial charge in [0.05, 0.1) is 5.69 Å². The molecule has 5 nitrogen and oxygen atoms in total. The summed E-state index contributed by atoms with van der Waals surface area (Å²) in [7, 11) is 0. The van der Waals surface area contributed by atoms with Gasteiger partial charge in [-0.25, -0.2) is 9.78 Å². The number of hydrogen-bond donors (Lipinski definition) is 0. The maximum Gasteiger partial charge on any atom is 0.331 e. The van der Waals surface area contributed by atoms with E-state index in [0.717, 1.165) is 11.1 Å². The first kappa shape index (κ1) is 16.9. The van der Waals surface area contributed by atoms with Crippen LogP contribution >= 0.6 is 11.6 Å². The zero-order valence-electron chi connectivity index (χ0n) is 13.5. The molecule has 0 aliphatic carbocycles. The normalized spacial score (nSPS) is 11.1. The smallest absolute Gasteiger partial charge is 0.331 e. The number of esters is 1. The number of fused-ring (bicyclic) bond motifs is 1. The molecule has 0 fully saturated rings. The zero-order valence-corrected chi connectivity index (χ0v) is 14.2. The molecule has 3 aromatic rings. The lowest BCUT2D eigenvalue weighted by atomic mass is 10.2. The molecule has 0 aliphatic heterocycles. The van der Waals surface area contributed by atoms with Gasteiger partial charge in [-0.05, 0) is 36.3 Å². The van der Waals surface area contributed by atoms with Gasteiger partial charge in [-0.3, -0.25) is 9.20 Å². The quantitative estimate of drug-likeness (QED) is 0.532. The van der Waals surface area contributed by atoms with Crippen molar-refractivity contribution in [1.29, 1.82) is 0 Å². The first-order chi connectivity index (χ1) is 12.0. The van der Waals surface area contributed by atoms with Crippen molar-refractivity contribution < 1.29 is 9.53 Å². The molecule has 25 heavy (non-hydrogen) atoms. The van der Waals surface area contributed by atoms with Crippen LogP contribution in [0.5, 0.6) is 0 Å². The fraction of sp³-hybridized carbons (Fsp3) is 0.105. The third kappa shape index (κ3) is 3.95. The summed E-state index contributed by atoms with van der Waals surface area (Å²) in [5.74, 6) is -0.535. The summed E-state index contributed by atoms with van der Waals surface area (Å²) in [6.45, 7) is 1.79. The average molecular weight is 355 g/mol. The van der Waals surface area contributed by atoms with E-state index in [1.807, 2.05) is 25.1 Å². The Bertz CT molecular complexity index is 1020. The second kappa shape index (κ2) is 7.32. The number of benzene rings is 1. The highest BCUT2D eigenvalue weighted by Crippen LogP contribution is 2.16. The number of halogens is 1. The summed E-state index contributed by atoms with van der Waals surface area (Å²) < 4.78 is 6.61. The molecule has 3 rings (SSSR count). The van der Waals surface area contributed by atoms with Gasteiger partial charge in [-0.1, -0.05) is 35.9 Å². The lowest BCUT2D eigenvalue weighted by Gasteiger charge is -2.06. The molecule has 0 bridgehead atoms. The Labute approximate surface area is 149 Å². The number of ether oxygens (including phenoxy) is 1. The van der Waals surface area contributed by atoms with Gasteiger partial charge in [0, 0.05) is 23.4 Å². The molecule has 0 amide bonds. The van der Waals surface area contributed by atoms with Crippen molar-refractivity contribution in [2.24, 2.45) is 0 Å². The Morgan fingerprint density at radius 3 is 2.88 bits per heavy atom. The molecule has 0 saturated carbocycles. The predicted molar refractivity (Wildman–Crippen MR) is 96.5 cm³/mol. The number of carbonyl (C=O) groups excluding carboxylic acids is 1. The lowest BCUT2D eigenvalue weighted by molar-refractivity contribution is -0.139. The zero-order chi connectivity index (χ0) is 17.8.